The normalized spacial score (nSPS) is 15.0. The largest absolute Gasteiger partial charge is 0.369 e. The van der Waals surface area contributed by atoms with Crippen molar-refractivity contribution in [3.63, 3.8) is 0 Å². The number of carbonyl (C=O) groups is 3. The lowest BCUT2D eigenvalue weighted by atomic mass is 9.95. The minimum atomic E-state index is -0.493. The fourth-order valence-corrected chi connectivity index (χ4v) is 4.76. The number of Topliss-reactive ketones (excluding diaryl/α,β-unsaturated/α-hetero) is 1. The third kappa shape index (κ3) is 6.39. The van der Waals surface area contributed by atoms with E-state index in [1.165, 1.54) is 0 Å². The van der Waals surface area contributed by atoms with Gasteiger partial charge in [-0.05, 0) is 48.6 Å². The van der Waals surface area contributed by atoms with Crippen LogP contribution in [-0.4, -0.2) is 41.6 Å². The summed E-state index contributed by atoms with van der Waals surface area (Å²) < 4.78 is 0. The molecule has 1 aliphatic rings. The molecule has 6 nitrogen and oxygen atoms in total. The van der Waals surface area contributed by atoms with Crippen LogP contribution >= 0.6 is 0 Å². The zero-order valence-corrected chi connectivity index (χ0v) is 18.8. The molecular weight excluding hydrogens is 402 g/mol. The van der Waals surface area contributed by atoms with Gasteiger partial charge in [-0.3, -0.25) is 14.4 Å². The van der Waals surface area contributed by atoms with Gasteiger partial charge in [0.15, 0.2) is 5.78 Å². The van der Waals surface area contributed by atoms with E-state index < -0.39 is 11.8 Å². The summed E-state index contributed by atoms with van der Waals surface area (Å²) in [5.41, 5.74) is 12.0. The van der Waals surface area contributed by atoms with Crippen molar-refractivity contribution >= 4 is 28.4 Å². The Morgan fingerprint density at radius 3 is 2.44 bits per heavy atom. The van der Waals surface area contributed by atoms with Gasteiger partial charge in [0.25, 0.3) is 0 Å². The zero-order chi connectivity index (χ0) is 22.9. The van der Waals surface area contributed by atoms with Gasteiger partial charge in [-0.1, -0.05) is 61.7 Å². The molecule has 1 fully saturated rings. The van der Waals surface area contributed by atoms with Gasteiger partial charge in [-0.15, -0.1) is 0 Å². The number of carbonyl (C=O) groups excluding carboxylic acids is 3. The number of nitrogens with zero attached hydrogens (tertiary/aromatic N) is 1. The Balaban J connectivity index is 1.71. The molecule has 0 radical (unpaired) electrons. The zero-order valence-electron chi connectivity index (χ0n) is 18.8. The fraction of sp³-hybridized carbons (Fsp3) is 0.500. The van der Waals surface area contributed by atoms with Gasteiger partial charge in [0.05, 0.1) is 13.0 Å². The SMILES string of the molecule is NCCCC[C@H](CC(=O)CN(C(=O)Cc1cccc2ccccc12)C1CCCC1)C(N)=O. The first-order chi connectivity index (χ1) is 15.5. The molecule has 0 aliphatic heterocycles. The van der Waals surface area contributed by atoms with Crippen molar-refractivity contribution in [3.8, 4) is 0 Å². The van der Waals surface area contributed by atoms with Gasteiger partial charge in [-0.25, -0.2) is 0 Å². The molecule has 0 unspecified atom stereocenters. The van der Waals surface area contributed by atoms with Crippen molar-refractivity contribution in [1.82, 2.24) is 4.90 Å². The molecule has 1 aliphatic carbocycles. The van der Waals surface area contributed by atoms with Crippen LogP contribution in [0.15, 0.2) is 42.5 Å². The monoisotopic (exact) mass is 437 g/mol. The van der Waals surface area contributed by atoms with E-state index in [9.17, 15) is 14.4 Å². The van der Waals surface area contributed by atoms with Crippen molar-refractivity contribution in [1.29, 1.82) is 0 Å². The van der Waals surface area contributed by atoms with Crippen LogP contribution in [0.2, 0.25) is 0 Å². The molecular formula is C26H35N3O3. The maximum absolute atomic E-state index is 13.4. The van der Waals surface area contributed by atoms with Crippen LogP contribution in [0.5, 0.6) is 0 Å². The number of ketones is 1. The molecule has 0 heterocycles. The number of hydrogen-bond donors (Lipinski definition) is 2. The first-order valence-corrected chi connectivity index (χ1v) is 11.8. The second-order valence-corrected chi connectivity index (χ2v) is 8.90. The Hall–Kier alpha value is -2.73. The summed E-state index contributed by atoms with van der Waals surface area (Å²) in [7, 11) is 0. The first-order valence-electron chi connectivity index (χ1n) is 11.8. The molecule has 0 bridgehead atoms. The third-order valence-electron chi connectivity index (χ3n) is 6.54. The minimum absolute atomic E-state index is 0.0274. The molecule has 2 aromatic carbocycles. The maximum Gasteiger partial charge on any atom is 0.227 e. The first kappa shape index (κ1) is 23.9. The lowest BCUT2D eigenvalue weighted by Gasteiger charge is -2.29. The van der Waals surface area contributed by atoms with Crippen molar-refractivity contribution in [2.24, 2.45) is 17.4 Å². The molecule has 2 amide bonds. The van der Waals surface area contributed by atoms with E-state index in [-0.39, 0.29) is 37.1 Å². The van der Waals surface area contributed by atoms with E-state index in [1.54, 1.807) is 4.90 Å². The van der Waals surface area contributed by atoms with Crippen LogP contribution in [0.1, 0.15) is 56.9 Å². The van der Waals surface area contributed by atoms with Crippen molar-refractivity contribution in [2.75, 3.05) is 13.1 Å². The predicted octanol–water partition coefficient (Wildman–Crippen LogP) is 3.34. The smallest absolute Gasteiger partial charge is 0.227 e. The maximum atomic E-state index is 13.4. The number of benzene rings is 2. The highest BCUT2D eigenvalue weighted by Crippen LogP contribution is 2.26. The van der Waals surface area contributed by atoms with Crippen molar-refractivity contribution in [3.05, 3.63) is 48.0 Å². The second-order valence-electron chi connectivity index (χ2n) is 8.90. The van der Waals surface area contributed by atoms with Crippen LogP contribution < -0.4 is 11.5 Å². The number of amides is 2. The van der Waals surface area contributed by atoms with Gasteiger partial charge in [0, 0.05) is 18.4 Å². The Kier molecular flexibility index (Phi) is 8.80. The summed E-state index contributed by atoms with van der Waals surface area (Å²) in [5.74, 6) is -1.07. The van der Waals surface area contributed by atoms with Gasteiger partial charge < -0.3 is 16.4 Å². The van der Waals surface area contributed by atoms with E-state index in [0.29, 0.717) is 13.0 Å². The van der Waals surface area contributed by atoms with Crippen molar-refractivity contribution in [2.45, 2.75) is 63.8 Å². The van der Waals surface area contributed by atoms with E-state index in [4.69, 9.17) is 11.5 Å². The van der Waals surface area contributed by atoms with Crippen LogP contribution in [0, 0.1) is 5.92 Å². The van der Waals surface area contributed by atoms with E-state index in [0.717, 1.165) is 54.9 Å². The highest BCUT2D eigenvalue weighted by atomic mass is 16.2. The van der Waals surface area contributed by atoms with E-state index >= 15 is 0 Å². The van der Waals surface area contributed by atoms with Gasteiger partial charge >= 0.3 is 0 Å². The highest BCUT2D eigenvalue weighted by molar-refractivity contribution is 5.93. The molecule has 6 heteroatoms. The lowest BCUT2D eigenvalue weighted by molar-refractivity contribution is -0.137. The number of unbranched alkanes of at least 4 members (excludes halogenated alkanes) is 1. The number of rotatable bonds is 12. The molecule has 0 aromatic heterocycles. The topological polar surface area (TPSA) is 106 Å². The molecule has 172 valence electrons. The Labute approximate surface area is 190 Å². The summed E-state index contributed by atoms with van der Waals surface area (Å²) in [4.78, 5) is 39.9. The Morgan fingerprint density at radius 1 is 1.00 bits per heavy atom. The molecule has 32 heavy (non-hydrogen) atoms. The molecule has 0 spiro atoms. The summed E-state index contributed by atoms with van der Waals surface area (Å²) in [6.45, 7) is 0.604. The average Bonchev–Trinajstić information content (AvgIpc) is 3.31. The quantitative estimate of drug-likeness (QED) is 0.497. The summed E-state index contributed by atoms with van der Waals surface area (Å²) in [6.07, 6.45) is 6.46. The highest BCUT2D eigenvalue weighted by Gasteiger charge is 2.30. The summed E-state index contributed by atoms with van der Waals surface area (Å²) >= 11 is 0. The molecule has 0 saturated heterocycles. The molecule has 4 N–H and O–H groups in total. The molecule has 2 aromatic rings. The minimum Gasteiger partial charge on any atom is -0.369 e. The van der Waals surface area contributed by atoms with Gasteiger partial charge in [0.2, 0.25) is 11.8 Å². The second kappa shape index (κ2) is 11.8. The number of nitrogens with two attached hydrogens (primary N) is 2. The number of hydrogen-bond acceptors (Lipinski definition) is 4. The Bertz CT molecular complexity index is 932. The molecule has 3 rings (SSSR count). The van der Waals surface area contributed by atoms with Gasteiger partial charge in [0.1, 0.15) is 0 Å². The third-order valence-corrected chi connectivity index (χ3v) is 6.54. The van der Waals surface area contributed by atoms with Gasteiger partial charge in [-0.2, -0.15) is 0 Å². The number of primary amides is 1. The fourth-order valence-electron chi connectivity index (χ4n) is 4.76. The summed E-state index contributed by atoms with van der Waals surface area (Å²) in [6, 6.07) is 14.1. The van der Waals surface area contributed by atoms with Crippen LogP contribution in [-0.2, 0) is 20.8 Å². The predicted molar refractivity (Wildman–Crippen MR) is 127 cm³/mol. The number of fused-ring (bicyclic) bond motifs is 1. The van der Waals surface area contributed by atoms with Crippen LogP contribution in [0.25, 0.3) is 10.8 Å². The van der Waals surface area contributed by atoms with Crippen LogP contribution in [0.4, 0.5) is 0 Å². The lowest BCUT2D eigenvalue weighted by Crippen LogP contribution is -2.43. The molecule has 1 saturated carbocycles. The summed E-state index contributed by atoms with van der Waals surface area (Å²) in [5, 5.41) is 2.16. The van der Waals surface area contributed by atoms with E-state index in [2.05, 4.69) is 0 Å². The van der Waals surface area contributed by atoms with E-state index in [1.807, 2.05) is 42.5 Å². The van der Waals surface area contributed by atoms with Crippen molar-refractivity contribution < 1.29 is 14.4 Å². The molecule has 1 atom stereocenters. The Morgan fingerprint density at radius 2 is 1.72 bits per heavy atom. The standard InChI is InChI=1S/C26H35N3O3/c27-15-6-5-9-21(26(28)32)16-23(30)18-29(22-12-2-3-13-22)25(31)17-20-11-7-10-19-8-1-4-14-24(19)20/h1,4,7-8,10-11,14,21-22H,2-3,5-6,9,12-13,15-18,27H2,(H2,28,32)/t21-/m1/s1. The average molecular weight is 438 g/mol. The van der Waals surface area contributed by atoms with Crippen LogP contribution in [0.3, 0.4) is 0 Å².